The molecule has 3 heterocycles. The molecule has 0 aliphatic carbocycles. The number of para-hydroxylation sites is 1. The molecule has 1 unspecified atom stereocenters. The lowest BCUT2D eigenvalue weighted by atomic mass is 10.0. The van der Waals surface area contributed by atoms with Crippen molar-refractivity contribution >= 4 is 64.8 Å². The van der Waals surface area contributed by atoms with E-state index in [0.29, 0.717) is 0 Å². The summed E-state index contributed by atoms with van der Waals surface area (Å²) in [6, 6.07) is 52.6. The Labute approximate surface area is 247 Å². The summed E-state index contributed by atoms with van der Waals surface area (Å²) in [6.45, 7) is 0. The van der Waals surface area contributed by atoms with Crippen LogP contribution >= 0.6 is 11.3 Å². The van der Waals surface area contributed by atoms with Crippen LogP contribution in [0.4, 0.5) is 5.69 Å². The Morgan fingerprint density at radius 2 is 1.24 bits per heavy atom. The van der Waals surface area contributed by atoms with Crippen LogP contribution in [0.25, 0.3) is 47.7 Å². The van der Waals surface area contributed by atoms with Crippen molar-refractivity contribution < 1.29 is 4.58 Å². The molecule has 42 heavy (non-hydrogen) atoms. The zero-order valence-corrected chi connectivity index (χ0v) is 23.6. The molecule has 0 spiro atoms. The molecule has 1 N–H and O–H groups in total. The van der Waals surface area contributed by atoms with Crippen molar-refractivity contribution in [2.45, 2.75) is 6.17 Å². The first kappa shape index (κ1) is 23.5. The maximum atomic E-state index is 3.72. The number of aromatic nitrogens is 1. The highest BCUT2D eigenvalue weighted by Gasteiger charge is 2.40. The van der Waals surface area contributed by atoms with E-state index in [1.165, 1.54) is 53.1 Å². The van der Waals surface area contributed by atoms with Gasteiger partial charge >= 0.3 is 0 Å². The van der Waals surface area contributed by atoms with E-state index >= 15 is 0 Å². The molecule has 3 nitrogen and oxygen atoms in total. The van der Waals surface area contributed by atoms with E-state index in [1.807, 2.05) is 11.3 Å². The summed E-state index contributed by atoms with van der Waals surface area (Å²) in [7, 11) is 0. The molecule has 0 saturated carbocycles. The van der Waals surface area contributed by atoms with Crippen molar-refractivity contribution in [3.63, 3.8) is 0 Å². The van der Waals surface area contributed by atoms with Crippen molar-refractivity contribution in [2.24, 2.45) is 0 Å². The molecular formula is C38H26N3S+. The molecule has 0 bridgehead atoms. The van der Waals surface area contributed by atoms with Gasteiger partial charge in [0, 0.05) is 42.2 Å². The van der Waals surface area contributed by atoms with Crippen LogP contribution in [-0.2, 0) is 0 Å². The van der Waals surface area contributed by atoms with E-state index in [2.05, 4.69) is 160 Å². The van der Waals surface area contributed by atoms with Crippen LogP contribution in [0.2, 0.25) is 0 Å². The van der Waals surface area contributed by atoms with Gasteiger partial charge < -0.3 is 4.57 Å². The number of fused-ring (bicyclic) bond motifs is 6. The van der Waals surface area contributed by atoms with Crippen LogP contribution in [0.1, 0.15) is 17.3 Å². The van der Waals surface area contributed by atoms with Gasteiger partial charge in [-0.3, -0.25) is 0 Å². The number of thiophene rings is 1. The van der Waals surface area contributed by atoms with Gasteiger partial charge in [0.1, 0.15) is 5.69 Å². The van der Waals surface area contributed by atoms with E-state index in [4.69, 9.17) is 0 Å². The molecule has 0 radical (unpaired) electrons. The predicted octanol–water partition coefficient (Wildman–Crippen LogP) is 9.54. The monoisotopic (exact) mass is 556 g/mol. The van der Waals surface area contributed by atoms with Crippen LogP contribution in [0, 0.1) is 0 Å². The molecule has 1 atom stereocenters. The summed E-state index contributed by atoms with van der Waals surface area (Å²) < 4.78 is 7.48. The quantitative estimate of drug-likeness (QED) is 0.214. The molecular weight excluding hydrogens is 531 g/mol. The third-order valence-electron chi connectivity index (χ3n) is 8.49. The lowest BCUT2D eigenvalue weighted by molar-refractivity contribution is -0.531. The number of amidine groups is 1. The lowest BCUT2D eigenvalue weighted by Crippen LogP contribution is -2.51. The Morgan fingerprint density at radius 3 is 2.05 bits per heavy atom. The average molecular weight is 557 g/mol. The Balaban J connectivity index is 1.22. The fourth-order valence-corrected chi connectivity index (χ4v) is 7.64. The second-order valence-corrected chi connectivity index (χ2v) is 12.0. The van der Waals surface area contributed by atoms with Gasteiger partial charge in [0.25, 0.3) is 12.0 Å². The zero-order valence-electron chi connectivity index (χ0n) is 22.7. The molecule has 2 aromatic heterocycles. The molecule has 1 aliphatic rings. The molecule has 4 heteroatoms. The topological polar surface area (TPSA) is 20.0 Å². The largest absolute Gasteiger partial charge is 0.309 e. The number of benzene rings is 6. The minimum Gasteiger partial charge on any atom is -0.309 e. The average Bonchev–Trinajstić information content (AvgIpc) is 3.56. The summed E-state index contributed by atoms with van der Waals surface area (Å²) >= 11 is 1.87. The van der Waals surface area contributed by atoms with E-state index in [-0.39, 0.29) is 6.17 Å². The van der Waals surface area contributed by atoms with Crippen molar-refractivity contribution in [2.75, 3.05) is 0 Å². The summed E-state index contributed by atoms with van der Waals surface area (Å²) in [5, 5.41) is 8.96. The van der Waals surface area contributed by atoms with E-state index in [1.54, 1.807) is 0 Å². The molecule has 0 fully saturated rings. The molecule has 0 saturated heterocycles. The second kappa shape index (κ2) is 9.16. The molecule has 198 valence electrons. The molecule has 8 aromatic rings. The molecule has 1 aliphatic heterocycles. The van der Waals surface area contributed by atoms with Crippen molar-refractivity contribution in [1.82, 2.24) is 9.88 Å². The number of rotatable bonds is 4. The Hall–Kier alpha value is -5.19. The van der Waals surface area contributed by atoms with E-state index < -0.39 is 0 Å². The number of nitrogens with zero attached hydrogens (tertiary/aromatic N) is 2. The van der Waals surface area contributed by atoms with Gasteiger partial charge in [0.2, 0.25) is 0 Å². The van der Waals surface area contributed by atoms with Crippen molar-refractivity contribution in [3.05, 3.63) is 157 Å². The zero-order chi connectivity index (χ0) is 27.6. The first-order valence-electron chi connectivity index (χ1n) is 14.3. The predicted molar refractivity (Wildman–Crippen MR) is 176 cm³/mol. The smallest absolute Gasteiger partial charge is 0.289 e. The van der Waals surface area contributed by atoms with E-state index in [9.17, 15) is 0 Å². The van der Waals surface area contributed by atoms with Crippen molar-refractivity contribution in [3.8, 4) is 5.69 Å². The minimum absolute atomic E-state index is 0.0849. The highest BCUT2D eigenvalue weighted by atomic mass is 32.1. The summed E-state index contributed by atoms with van der Waals surface area (Å²) in [5.41, 5.74) is 7.23. The lowest BCUT2D eigenvalue weighted by Gasteiger charge is -2.29. The van der Waals surface area contributed by atoms with Gasteiger partial charge in [-0.2, -0.15) is 4.58 Å². The standard InChI is InChI=1S/C38H25N3S/c1-3-11-25(12-4-1)37-39-38(26-13-5-2-6-14-26)41(37)28-21-19-27(20-22-28)40-33-17-9-7-15-29(33)31-23-32-30-16-8-10-18-35(30)42-36(32)24-34(31)40/h1-24,37H/p+1. The van der Waals surface area contributed by atoms with E-state index in [0.717, 1.165) is 17.2 Å². The minimum atomic E-state index is 0.0849. The number of hydrogen-bond donors (Lipinski definition) is 1. The Morgan fingerprint density at radius 1 is 0.548 bits per heavy atom. The Bertz CT molecular complexity index is 2310. The molecule has 6 aromatic carbocycles. The van der Waals surface area contributed by atoms with Gasteiger partial charge in [-0.1, -0.05) is 84.9 Å². The number of hydrogen-bond acceptors (Lipinski definition) is 2. The Kier molecular flexibility index (Phi) is 5.13. The summed E-state index contributed by atoms with van der Waals surface area (Å²) in [6.07, 6.45) is 0.0849. The van der Waals surface area contributed by atoms with Crippen LogP contribution in [-0.4, -0.2) is 15.0 Å². The highest BCUT2D eigenvalue weighted by molar-refractivity contribution is 7.25. The fourth-order valence-electron chi connectivity index (χ4n) is 6.52. The van der Waals surface area contributed by atoms with Gasteiger partial charge in [-0.05, 0) is 60.7 Å². The molecule has 9 rings (SSSR count). The number of nitrogens with one attached hydrogen (secondary N) is 1. The molecule has 0 amide bonds. The summed E-state index contributed by atoms with van der Waals surface area (Å²) in [4.78, 5) is 0. The van der Waals surface area contributed by atoms with Crippen LogP contribution in [0.5, 0.6) is 0 Å². The highest BCUT2D eigenvalue weighted by Crippen LogP contribution is 2.41. The summed E-state index contributed by atoms with van der Waals surface area (Å²) in [5.74, 6) is 1.13. The van der Waals surface area contributed by atoms with Crippen LogP contribution in [0.15, 0.2) is 146 Å². The normalized spacial score (nSPS) is 15.0. The first-order valence-corrected chi connectivity index (χ1v) is 15.1. The maximum absolute atomic E-state index is 3.72. The van der Waals surface area contributed by atoms with Crippen molar-refractivity contribution in [1.29, 1.82) is 0 Å². The fraction of sp³-hybridized carbons (Fsp3) is 0.0263. The maximum Gasteiger partial charge on any atom is 0.289 e. The third kappa shape index (κ3) is 3.49. The van der Waals surface area contributed by atoms with Gasteiger partial charge in [-0.25, -0.2) is 5.32 Å². The van der Waals surface area contributed by atoms with Gasteiger partial charge in [-0.15, -0.1) is 11.3 Å². The SMILES string of the molecule is c1ccc(C2=[N+](c3ccc(-n4c5ccccc5c5cc6c(cc54)sc4ccccc46)cc3)C(c3ccccc3)N2)cc1. The van der Waals surface area contributed by atoms with Gasteiger partial charge in [0.15, 0.2) is 0 Å². The van der Waals surface area contributed by atoms with Gasteiger partial charge in [0.05, 0.1) is 16.6 Å². The second-order valence-electron chi connectivity index (χ2n) is 10.9. The first-order chi connectivity index (χ1) is 20.8. The van der Waals surface area contributed by atoms with Crippen LogP contribution in [0.3, 0.4) is 0 Å². The van der Waals surface area contributed by atoms with Crippen LogP contribution < -0.4 is 5.32 Å². The third-order valence-corrected chi connectivity index (χ3v) is 9.63.